The van der Waals surface area contributed by atoms with Gasteiger partial charge in [-0.1, -0.05) is 6.92 Å². The van der Waals surface area contributed by atoms with Crippen LogP contribution < -0.4 is 0 Å². The molecule has 0 bridgehead atoms. The fourth-order valence-corrected chi connectivity index (χ4v) is 0.620. The molecule has 0 aromatic carbocycles. The van der Waals surface area contributed by atoms with Crippen LogP contribution in [0.15, 0.2) is 0 Å². The molecule has 4 nitrogen and oxygen atoms in total. The van der Waals surface area contributed by atoms with Gasteiger partial charge in [0.2, 0.25) is 0 Å². The predicted octanol–water partition coefficient (Wildman–Crippen LogP) is -0.0583. The lowest BCUT2D eigenvalue weighted by Crippen LogP contribution is -2.11. The minimum absolute atomic E-state index is 0.217. The van der Waals surface area contributed by atoms with Crippen LogP contribution in [0.25, 0.3) is 0 Å². The maximum atomic E-state index is 10.5. The van der Waals surface area contributed by atoms with Crippen LogP contribution in [0.2, 0.25) is 0 Å². The summed E-state index contributed by atoms with van der Waals surface area (Å²) < 4.78 is 24.8. The van der Waals surface area contributed by atoms with E-state index in [1.54, 1.807) is 6.92 Å². The molecule has 10 heavy (non-hydrogen) atoms. The normalized spacial score (nSPS) is 11.4. The van der Waals surface area contributed by atoms with E-state index in [1.807, 2.05) is 0 Å². The van der Waals surface area contributed by atoms with Crippen molar-refractivity contribution in [3.8, 4) is 0 Å². The fourth-order valence-electron chi connectivity index (χ4n) is 0.275. The van der Waals surface area contributed by atoms with E-state index in [1.165, 1.54) is 0 Å². The quantitative estimate of drug-likeness (QED) is 0.549. The topological polar surface area (TPSA) is 60.4 Å². The third-order valence-corrected chi connectivity index (χ3v) is 1.37. The molecule has 0 aromatic rings. The third-order valence-electron chi connectivity index (χ3n) is 0.828. The van der Waals surface area contributed by atoms with Crippen LogP contribution in [-0.2, 0) is 19.1 Å². The summed E-state index contributed by atoms with van der Waals surface area (Å²) in [5.41, 5.74) is 0. The lowest BCUT2D eigenvalue weighted by molar-refractivity contribution is -0.120. The summed E-state index contributed by atoms with van der Waals surface area (Å²) in [6.45, 7) is 1.31. The molecule has 0 unspecified atom stereocenters. The number of carbonyl (C=O) groups excluding carboxylic acids is 1. The number of hydrogen-bond donors (Lipinski definition) is 0. The molecule has 5 heteroatoms. The molecule has 0 aliphatic carbocycles. The number of ketones is 1. The Balaban J connectivity index is 3.67. The minimum Gasteiger partial charge on any atom is -0.297 e. The summed E-state index contributed by atoms with van der Waals surface area (Å²) in [4.78, 5) is 10.5. The number of rotatable bonds is 4. The van der Waals surface area contributed by atoms with Crippen molar-refractivity contribution >= 4 is 15.9 Å². The van der Waals surface area contributed by atoms with Gasteiger partial charge in [0.05, 0.1) is 6.26 Å². The van der Waals surface area contributed by atoms with Gasteiger partial charge in [0, 0.05) is 6.42 Å². The molecule has 0 N–H and O–H groups in total. The molecule has 60 valence electrons. The van der Waals surface area contributed by atoms with E-state index in [-0.39, 0.29) is 12.4 Å². The lowest BCUT2D eigenvalue weighted by Gasteiger charge is -1.96. The van der Waals surface area contributed by atoms with Gasteiger partial charge in [-0.2, -0.15) is 8.42 Å². The van der Waals surface area contributed by atoms with E-state index < -0.39 is 10.1 Å². The van der Waals surface area contributed by atoms with Gasteiger partial charge in [0.25, 0.3) is 10.1 Å². The monoisotopic (exact) mass is 166 g/mol. The Hall–Kier alpha value is -0.420. The van der Waals surface area contributed by atoms with Crippen molar-refractivity contribution in [2.75, 3.05) is 12.9 Å². The lowest BCUT2D eigenvalue weighted by atomic mass is 10.3. The molecule has 0 rings (SSSR count). The van der Waals surface area contributed by atoms with E-state index >= 15 is 0 Å². The zero-order valence-electron chi connectivity index (χ0n) is 5.96. The fraction of sp³-hybridized carbons (Fsp3) is 0.800. The average molecular weight is 166 g/mol. The Labute approximate surface area is 60.3 Å². The highest BCUT2D eigenvalue weighted by Gasteiger charge is 2.04. The van der Waals surface area contributed by atoms with Gasteiger partial charge in [-0.15, -0.1) is 0 Å². The summed E-state index contributed by atoms with van der Waals surface area (Å²) >= 11 is 0. The van der Waals surface area contributed by atoms with Crippen LogP contribution in [-0.4, -0.2) is 27.1 Å². The van der Waals surface area contributed by atoms with Gasteiger partial charge >= 0.3 is 0 Å². The van der Waals surface area contributed by atoms with Crippen molar-refractivity contribution in [2.24, 2.45) is 0 Å². The molecule has 0 spiro atoms. The summed E-state index contributed by atoms with van der Waals surface area (Å²) in [5, 5.41) is 0. The van der Waals surface area contributed by atoms with E-state index in [0.717, 1.165) is 6.26 Å². The second-order valence-electron chi connectivity index (χ2n) is 1.86. The molecular weight excluding hydrogens is 156 g/mol. The highest BCUT2D eigenvalue weighted by Crippen LogP contribution is 1.88. The van der Waals surface area contributed by atoms with E-state index in [0.29, 0.717) is 6.42 Å². The second kappa shape index (κ2) is 3.68. The first-order chi connectivity index (χ1) is 4.45. The van der Waals surface area contributed by atoms with Crippen LogP contribution in [0, 0.1) is 0 Å². The van der Waals surface area contributed by atoms with Crippen molar-refractivity contribution in [2.45, 2.75) is 13.3 Å². The Morgan fingerprint density at radius 2 is 2.00 bits per heavy atom. The molecule has 0 fully saturated rings. The zero-order valence-corrected chi connectivity index (χ0v) is 6.77. The smallest absolute Gasteiger partial charge is 0.264 e. The predicted molar refractivity (Wildman–Crippen MR) is 36.1 cm³/mol. The first-order valence-corrected chi connectivity index (χ1v) is 4.63. The van der Waals surface area contributed by atoms with Crippen molar-refractivity contribution in [1.29, 1.82) is 0 Å². The van der Waals surface area contributed by atoms with Crippen LogP contribution >= 0.6 is 0 Å². The summed E-state index contributed by atoms with van der Waals surface area (Å²) in [5.74, 6) is -0.217. The Morgan fingerprint density at radius 1 is 1.50 bits per heavy atom. The Morgan fingerprint density at radius 3 is 2.30 bits per heavy atom. The molecule has 0 atom stereocenters. The number of hydrogen-bond acceptors (Lipinski definition) is 4. The molecular formula is C5H10O4S. The largest absolute Gasteiger partial charge is 0.297 e. The molecule has 0 aliphatic rings. The standard InChI is InChI=1S/C5H10O4S/c1-3-5(6)4-9-10(2,7)8/h3-4H2,1-2H3. The summed E-state index contributed by atoms with van der Waals surface area (Å²) in [6, 6.07) is 0. The SMILES string of the molecule is CCC(=O)COS(C)(=O)=O. The zero-order chi connectivity index (χ0) is 8.20. The van der Waals surface area contributed by atoms with Gasteiger partial charge in [0.1, 0.15) is 6.61 Å². The Bertz CT molecular complexity index is 204. The van der Waals surface area contributed by atoms with Gasteiger partial charge < -0.3 is 0 Å². The van der Waals surface area contributed by atoms with Gasteiger partial charge in [-0.3, -0.25) is 8.98 Å². The van der Waals surface area contributed by atoms with E-state index in [2.05, 4.69) is 4.18 Å². The number of carbonyl (C=O) groups is 1. The van der Waals surface area contributed by atoms with Crippen molar-refractivity contribution in [3.63, 3.8) is 0 Å². The maximum absolute atomic E-state index is 10.5. The number of Topliss-reactive ketones (excluding diaryl/α,β-unsaturated/α-hetero) is 1. The van der Waals surface area contributed by atoms with E-state index in [9.17, 15) is 13.2 Å². The molecule has 0 heterocycles. The van der Waals surface area contributed by atoms with Crippen LogP contribution in [0.4, 0.5) is 0 Å². The molecule has 0 amide bonds. The molecule has 0 radical (unpaired) electrons. The second-order valence-corrected chi connectivity index (χ2v) is 3.50. The molecule has 0 aliphatic heterocycles. The van der Waals surface area contributed by atoms with Crippen molar-refractivity contribution in [1.82, 2.24) is 0 Å². The highest BCUT2D eigenvalue weighted by molar-refractivity contribution is 7.86. The minimum atomic E-state index is -3.45. The first kappa shape index (κ1) is 9.58. The maximum Gasteiger partial charge on any atom is 0.264 e. The van der Waals surface area contributed by atoms with Gasteiger partial charge in [0.15, 0.2) is 5.78 Å². The molecule has 0 aromatic heterocycles. The van der Waals surface area contributed by atoms with E-state index in [4.69, 9.17) is 0 Å². The Kier molecular flexibility index (Phi) is 3.52. The van der Waals surface area contributed by atoms with Crippen LogP contribution in [0.1, 0.15) is 13.3 Å². The third kappa shape index (κ3) is 5.71. The average Bonchev–Trinajstić information content (AvgIpc) is 1.81. The van der Waals surface area contributed by atoms with Crippen LogP contribution in [0.5, 0.6) is 0 Å². The van der Waals surface area contributed by atoms with Gasteiger partial charge in [-0.25, -0.2) is 0 Å². The summed E-state index contributed by atoms with van der Waals surface area (Å²) in [7, 11) is -3.45. The first-order valence-electron chi connectivity index (χ1n) is 2.82. The molecule has 0 saturated carbocycles. The highest BCUT2D eigenvalue weighted by atomic mass is 32.2. The van der Waals surface area contributed by atoms with Gasteiger partial charge in [-0.05, 0) is 0 Å². The summed E-state index contributed by atoms with van der Waals surface area (Å²) in [6.07, 6.45) is 1.21. The van der Waals surface area contributed by atoms with Crippen molar-refractivity contribution in [3.05, 3.63) is 0 Å². The molecule has 0 saturated heterocycles. The van der Waals surface area contributed by atoms with Crippen LogP contribution in [0.3, 0.4) is 0 Å². The van der Waals surface area contributed by atoms with Crippen molar-refractivity contribution < 1.29 is 17.4 Å².